The first-order valence-electron chi connectivity index (χ1n) is 3.85. The molecule has 0 radical (unpaired) electrons. The predicted molar refractivity (Wildman–Crippen MR) is 45.8 cm³/mol. The van der Waals surface area contributed by atoms with Crippen molar-refractivity contribution < 1.29 is 9.13 Å². The molecule has 2 nitrogen and oxygen atoms in total. The molecule has 0 aromatic heterocycles. The summed E-state index contributed by atoms with van der Waals surface area (Å²) in [6.45, 7) is -0.242. The molecular formula is C9H12FNO. The summed E-state index contributed by atoms with van der Waals surface area (Å²) in [7, 11) is 0. The van der Waals surface area contributed by atoms with E-state index < -0.39 is 6.86 Å². The standard InChI is InChI=1S/C9H12FNO/c10-7-12-9-4-2-1-3-8(9)5-6-11/h1-4H,5-7,11H2. The quantitative estimate of drug-likeness (QED) is 0.741. The van der Waals surface area contributed by atoms with Crippen LogP contribution in [-0.4, -0.2) is 13.4 Å². The number of ether oxygens (including phenoxy) is 1. The highest BCUT2D eigenvalue weighted by molar-refractivity contribution is 5.33. The average Bonchev–Trinajstić information content (AvgIpc) is 2.09. The molecule has 0 fully saturated rings. The number of alkyl halides is 1. The molecule has 0 aliphatic carbocycles. The highest BCUT2D eigenvalue weighted by Crippen LogP contribution is 2.17. The molecule has 0 saturated carbocycles. The maximum absolute atomic E-state index is 11.8. The van der Waals surface area contributed by atoms with Crippen molar-refractivity contribution in [2.45, 2.75) is 6.42 Å². The lowest BCUT2D eigenvalue weighted by molar-refractivity contribution is 0.190. The first-order valence-corrected chi connectivity index (χ1v) is 3.85. The second-order valence-electron chi connectivity index (χ2n) is 2.40. The molecule has 0 saturated heterocycles. The van der Waals surface area contributed by atoms with Crippen LogP contribution in [0.5, 0.6) is 5.75 Å². The largest absolute Gasteiger partial charge is 0.463 e. The van der Waals surface area contributed by atoms with E-state index in [0.29, 0.717) is 12.3 Å². The van der Waals surface area contributed by atoms with Crippen molar-refractivity contribution in [2.75, 3.05) is 13.4 Å². The topological polar surface area (TPSA) is 35.2 Å². The van der Waals surface area contributed by atoms with E-state index >= 15 is 0 Å². The second kappa shape index (κ2) is 4.72. The van der Waals surface area contributed by atoms with Crippen LogP contribution in [0.25, 0.3) is 0 Å². The summed E-state index contributed by atoms with van der Waals surface area (Å²) in [6.07, 6.45) is 0.718. The van der Waals surface area contributed by atoms with Crippen molar-refractivity contribution >= 4 is 0 Å². The summed E-state index contributed by atoms with van der Waals surface area (Å²) in [5.41, 5.74) is 6.33. The molecule has 1 rings (SSSR count). The average molecular weight is 169 g/mol. The molecule has 0 aliphatic heterocycles. The molecule has 1 aromatic rings. The van der Waals surface area contributed by atoms with Gasteiger partial charge < -0.3 is 10.5 Å². The van der Waals surface area contributed by atoms with Gasteiger partial charge in [-0.3, -0.25) is 0 Å². The van der Waals surface area contributed by atoms with Crippen LogP contribution in [0.4, 0.5) is 4.39 Å². The first-order chi connectivity index (χ1) is 5.88. The van der Waals surface area contributed by atoms with E-state index in [0.717, 1.165) is 12.0 Å². The highest BCUT2D eigenvalue weighted by atomic mass is 19.1. The Hall–Kier alpha value is -1.09. The minimum Gasteiger partial charge on any atom is -0.463 e. The van der Waals surface area contributed by atoms with Gasteiger partial charge in [0.25, 0.3) is 0 Å². The van der Waals surface area contributed by atoms with Gasteiger partial charge in [-0.2, -0.15) is 0 Å². The molecule has 1 aromatic carbocycles. The molecule has 3 heteroatoms. The number of para-hydroxylation sites is 1. The second-order valence-corrected chi connectivity index (χ2v) is 2.40. The van der Waals surface area contributed by atoms with E-state index in [-0.39, 0.29) is 0 Å². The molecule has 0 aliphatic rings. The van der Waals surface area contributed by atoms with Crippen LogP contribution in [0.15, 0.2) is 24.3 Å². The molecule has 66 valence electrons. The Balaban J connectivity index is 2.77. The van der Waals surface area contributed by atoms with E-state index in [1.807, 2.05) is 18.2 Å². The lowest BCUT2D eigenvalue weighted by atomic mass is 10.1. The van der Waals surface area contributed by atoms with Crippen molar-refractivity contribution in [3.8, 4) is 5.75 Å². The molecule has 0 bridgehead atoms. The van der Waals surface area contributed by atoms with Gasteiger partial charge in [-0.25, -0.2) is 4.39 Å². The lowest BCUT2D eigenvalue weighted by Crippen LogP contribution is -2.04. The van der Waals surface area contributed by atoms with Gasteiger partial charge in [0.1, 0.15) is 5.75 Å². The summed E-state index contributed by atoms with van der Waals surface area (Å²) in [6, 6.07) is 7.32. The van der Waals surface area contributed by atoms with E-state index in [9.17, 15) is 4.39 Å². The van der Waals surface area contributed by atoms with Gasteiger partial charge in [-0.15, -0.1) is 0 Å². The van der Waals surface area contributed by atoms with Gasteiger partial charge in [0.05, 0.1) is 0 Å². The third-order valence-electron chi connectivity index (χ3n) is 1.60. The van der Waals surface area contributed by atoms with E-state index in [1.165, 1.54) is 0 Å². The van der Waals surface area contributed by atoms with Gasteiger partial charge in [0, 0.05) is 0 Å². The number of hydrogen-bond acceptors (Lipinski definition) is 2. The van der Waals surface area contributed by atoms with Crippen LogP contribution in [0, 0.1) is 0 Å². The molecule has 0 atom stereocenters. The lowest BCUT2D eigenvalue weighted by Gasteiger charge is -2.06. The Morgan fingerprint density at radius 1 is 1.33 bits per heavy atom. The van der Waals surface area contributed by atoms with Crippen molar-refractivity contribution in [2.24, 2.45) is 5.73 Å². The molecule has 0 unspecified atom stereocenters. The van der Waals surface area contributed by atoms with Crippen molar-refractivity contribution in [3.63, 3.8) is 0 Å². The number of hydrogen-bond donors (Lipinski definition) is 1. The van der Waals surface area contributed by atoms with Crippen LogP contribution in [-0.2, 0) is 6.42 Å². The SMILES string of the molecule is NCCc1ccccc1OCF. The van der Waals surface area contributed by atoms with Crippen LogP contribution >= 0.6 is 0 Å². The molecule has 0 spiro atoms. The fraction of sp³-hybridized carbons (Fsp3) is 0.333. The minimum atomic E-state index is -0.790. The maximum atomic E-state index is 11.8. The van der Waals surface area contributed by atoms with Gasteiger partial charge in [0.2, 0.25) is 6.86 Å². The summed E-state index contributed by atoms with van der Waals surface area (Å²) in [4.78, 5) is 0. The maximum Gasteiger partial charge on any atom is 0.228 e. The fourth-order valence-electron chi connectivity index (χ4n) is 1.07. The van der Waals surface area contributed by atoms with Gasteiger partial charge >= 0.3 is 0 Å². The number of rotatable bonds is 4. The van der Waals surface area contributed by atoms with Crippen LogP contribution in [0.1, 0.15) is 5.56 Å². The van der Waals surface area contributed by atoms with E-state index in [2.05, 4.69) is 0 Å². The predicted octanol–water partition coefficient (Wildman–Crippen LogP) is 1.49. The van der Waals surface area contributed by atoms with Crippen molar-refractivity contribution in [1.82, 2.24) is 0 Å². The smallest absolute Gasteiger partial charge is 0.228 e. The molecule has 0 amide bonds. The minimum absolute atomic E-state index is 0.548. The Morgan fingerprint density at radius 3 is 2.75 bits per heavy atom. The summed E-state index contributed by atoms with van der Waals surface area (Å²) in [5, 5.41) is 0. The monoisotopic (exact) mass is 169 g/mol. The molecular weight excluding hydrogens is 157 g/mol. The summed E-state index contributed by atoms with van der Waals surface area (Å²) in [5.74, 6) is 0.588. The van der Waals surface area contributed by atoms with Gasteiger partial charge in [-0.1, -0.05) is 18.2 Å². The number of benzene rings is 1. The van der Waals surface area contributed by atoms with Gasteiger partial charge in [-0.05, 0) is 24.6 Å². The zero-order valence-electron chi connectivity index (χ0n) is 6.79. The molecule has 0 heterocycles. The first kappa shape index (κ1) is 9.00. The van der Waals surface area contributed by atoms with Crippen molar-refractivity contribution in [1.29, 1.82) is 0 Å². The summed E-state index contributed by atoms with van der Waals surface area (Å²) < 4.78 is 16.6. The fourth-order valence-corrected chi connectivity index (χ4v) is 1.07. The number of halogens is 1. The highest BCUT2D eigenvalue weighted by Gasteiger charge is 2.00. The Morgan fingerprint density at radius 2 is 2.08 bits per heavy atom. The Bertz CT molecular complexity index is 215. The summed E-state index contributed by atoms with van der Waals surface area (Å²) >= 11 is 0. The molecule has 12 heavy (non-hydrogen) atoms. The zero-order chi connectivity index (χ0) is 8.81. The van der Waals surface area contributed by atoms with Crippen LogP contribution in [0.3, 0.4) is 0 Å². The van der Waals surface area contributed by atoms with Gasteiger partial charge in [0.15, 0.2) is 0 Å². The van der Waals surface area contributed by atoms with Crippen molar-refractivity contribution in [3.05, 3.63) is 29.8 Å². The number of nitrogens with two attached hydrogens (primary N) is 1. The van der Waals surface area contributed by atoms with Crippen LogP contribution in [0.2, 0.25) is 0 Å². The normalized spacial score (nSPS) is 9.83. The van der Waals surface area contributed by atoms with Crippen LogP contribution < -0.4 is 10.5 Å². The van der Waals surface area contributed by atoms with E-state index in [4.69, 9.17) is 10.5 Å². The molecule has 2 N–H and O–H groups in total. The third kappa shape index (κ3) is 2.20. The zero-order valence-corrected chi connectivity index (χ0v) is 6.79. The Kier molecular flexibility index (Phi) is 3.54. The third-order valence-corrected chi connectivity index (χ3v) is 1.60. The van der Waals surface area contributed by atoms with E-state index in [1.54, 1.807) is 6.07 Å². The Labute approximate surface area is 71.1 Å².